The van der Waals surface area contributed by atoms with Gasteiger partial charge in [0.15, 0.2) is 0 Å². The first-order chi connectivity index (χ1) is 7.47. The second kappa shape index (κ2) is 3.94. The highest BCUT2D eigenvalue weighted by Crippen LogP contribution is 2.16. The van der Waals surface area contributed by atoms with Crippen LogP contribution in [0.15, 0.2) is 12.1 Å². The normalized spacial score (nSPS) is 15.7. The van der Waals surface area contributed by atoms with E-state index < -0.39 is 5.60 Å². The highest BCUT2D eigenvalue weighted by molar-refractivity contribution is 5.88. The van der Waals surface area contributed by atoms with Crippen molar-refractivity contribution in [3.8, 4) is 0 Å². The van der Waals surface area contributed by atoms with Gasteiger partial charge >= 0.3 is 5.97 Å². The maximum Gasteiger partial charge on any atom is 0.355 e. The van der Waals surface area contributed by atoms with Crippen molar-refractivity contribution in [1.82, 2.24) is 9.88 Å². The van der Waals surface area contributed by atoms with Crippen LogP contribution < -0.4 is 5.32 Å². The number of esters is 1. The minimum atomic E-state index is -0.436. The Kier molecular flexibility index (Phi) is 2.76. The van der Waals surface area contributed by atoms with E-state index in [4.69, 9.17) is 4.74 Å². The number of carbonyl (C=O) groups is 1. The fraction of sp³-hybridized carbons (Fsp3) is 0.583. The average molecular weight is 222 g/mol. The van der Waals surface area contributed by atoms with Gasteiger partial charge in [-0.05, 0) is 32.9 Å². The van der Waals surface area contributed by atoms with Crippen molar-refractivity contribution >= 4 is 5.97 Å². The van der Waals surface area contributed by atoms with E-state index in [0.29, 0.717) is 5.69 Å². The first kappa shape index (κ1) is 11.2. The highest BCUT2D eigenvalue weighted by atomic mass is 16.6. The molecule has 1 N–H and O–H groups in total. The van der Waals surface area contributed by atoms with Gasteiger partial charge < -0.3 is 14.6 Å². The predicted molar refractivity (Wildman–Crippen MR) is 61.3 cm³/mol. The Balaban J connectivity index is 2.21. The molecule has 1 aromatic rings. The van der Waals surface area contributed by atoms with Crippen LogP contribution in [-0.4, -0.2) is 22.7 Å². The van der Waals surface area contributed by atoms with Gasteiger partial charge in [-0.1, -0.05) is 0 Å². The molecule has 0 atom stereocenters. The van der Waals surface area contributed by atoms with Crippen LogP contribution in [0.2, 0.25) is 0 Å². The molecule has 1 aliphatic heterocycles. The quantitative estimate of drug-likeness (QED) is 0.733. The molecular weight excluding hydrogens is 204 g/mol. The number of nitrogens with one attached hydrogen (secondary N) is 1. The van der Waals surface area contributed by atoms with Crippen molar-refractivity contribution in [1.29, 1.82) is 0 Å². The maximum atomic E-state index is 11.9. The molecule has 0 radical (unpaired) electrons. The summed E-state index contributed by atoms with van der Waals surface area (Å²) >= 11 is 0. The molecule has 0 bridgehead atoms. The Bertz CT molecular complexity index is 402. The Labute approximate surface area is 95.6 Å². The summed E-state index contributed by atoms with van der Waals surface area (Å²) in [6.07, 6.45) is 0. The zero-order valence-corrected chi connectivity index (χ0v) is 10.0. The van der Waals surface area contributed by atoms with E-state index in [1.807, 2.05) is 37.5 Å². The van der Waals surface area contributed by atoms with Gasteiger partial charge in [-0.2, -0.15) is 0 Å². The molecular formula is C12H18N2O2. The maximum absolute atomic E-state index is 11.9. The minimum Gasteiger partial charge on any atom is -0.455 e. The van der Waals surface area contributed by atoms with Crippen molar-refractivity contribution in [2.24, 2.45) is 0 Å². The van der Waals surface area contributed by atoms with Crippen LogP contribution in [0.4, 0.5) is 0 Å². The third-order valence-corrected chi connectivity index (χ3v) is 2.50. The lowest BCUT2D eigenvalue weighted by Gasteiger charge is -2.22. The van der Waals surface area contributed by atoms with Crippen LogP contribution in [0.25, 0.3) is 0 Å². The van der Waals surface area contributed by atoms with E-state index in [1.54, 1.807) is 0 Å². The molecule has 16 heavy (non-hydrogen) atoms. The third-order valence-electron chi connectivity index (χ3n) is 2.50. The fourth-order valence-corrected chi connectivity index (χ4v) is 1.84. The Hall–Kier alpha value is -1.29. The first-order valence-corrected chi connectivity index (χ1v) is 5.60. The smallest absolute Gasteiger partial charge is 0.355 e. The molecule has 0 aromatic carbocycles. The van der Waals surface area contributed by atoms with Crippen LogP contribution in [0, 0.1) is 0 Å². The van der Waals surface area contributed by atoms with E-state index in [-0.39, 0.29) is 5.97 Å². The highest BCUT2D eigenvalue weighted by Gasteiger charge is 2.22. The minimum absolute atomic E-state index is 0.236. The number of rotatable bonds is 1. The zero-order valence-electron chi connectivity index (χ0n) is 10.0. The summed E-state index contributed by atoms with van der Waals surface area (Å²) in [7, 11) is 0. The molecule has 4 heteroatoms. The van der Waals surface area contributed by atoms with Gasteiger partial charge in [0.05, 0.1) is 0 Å². The number of ether oxygens (including phenoxy) is 1. The van der Waals surface area contributed by atoms with Gasteiger partial charge in [0, 0.05) is 25.3 Å². The second-order valence-electron chi connectivity index (χ2n) is 5.04. The number of hydrogen-bond acceptors (Lipinski definition) is 3. The van der Waals surface area contributed by atoms with E-state index in [9.17, 15) is 4.79 Å². The Morgan fingerprint density at radius 3 is 2.88 bits per heavy atom. The number of hydrogen-bond donors (Lipinski definition) is 1. The predicted octanol–water partition coefficient (Wildman–Crippen LogP) is 1.55. The van der Waals surface area contributed by atoms with Gasteiger partial charge in [-0.15, -0.1) is 0 Å². The molecule has 0 amide bonds. The molecule has 0 aliphatic carbocycles. The molecule has 0 saturated carbocycles. The lowest BCUT2D eigenvalue weighted by Crippen LogP contribution is -2.31. The van der Waals surface area contributed by atoms with Crippen LogP contribution in [0.3, 0.4) is 0 Å². The number of nitrogens with zero attached hydrogens (tertiary/aromatic N) is 1. The average Bonchev–Trinajstić information content (AvgIpc) is 2.58. The lowest BCUT2D eigenvalue weighted by molar-refractivity contribution is 0.00568. The molecule has 0 fully saturated rings. The zero-order chi connectivity index (χ0) is 11.8. The number of aromatic nitrogens is 1. The molecule has 0 unspecified atom stereocenters. The largest absolute Gasteiger partial charge is 0.455 e. The summed E-state index contributed by atoms with van der Waals surface area (Å²) < 4.78 is 7.40. The molecule has 2 rings (SSSR count). The van der Waals surface area contributed by atoms with Gasteiger partial charge in [0.1, 0.15) is 11.3 Å². The van der Waals surface area contributed by atoms with Crippen molar-refractivity contribution < 1.29 is 9.53 Å². The summed E-state index contributed by atoms with van der Waals surface area (Å²) in [4.78, 5) is 11.9. The summed E-state index contributed by atoms with van der Waals surface area (Å²) in [6, 6.07) is 3.82. The van der Waals surface area contributed by atoms with Gasteiger partial charge in [-0.3, -0.25) is 0 Å². The topological polar surface area (TPSA) is 43.3 Å². The van der Waals surface area contributed by atoms with E-state index in [0.717, 1.165) is 25.3 Å². The van der Waals surface area contributed by atoms with Crippen LogP contribution in [0.1, 0.15) is 37.0 Å². The third kappa shape index (κ3) is 2.27. The van der Waals surface area contributed by atoms with Crippen LogP contribution in [0.5, 0.6) is 0 Å². The second-order valence-corrected chi connectivity index (χ2v) is 5.04. The van der Waals surface area contributed by atoms with E-state index >= 15 is 0 Å². The number of fused-ring (bicyclic) bond motifs is 1. The molecule has 2 heterocycles. The number of carbonyl (C=O) groups excluding carboxylic acids is 1. The Morgan fingerprint density at radius 2 is 2.19 bits per heavy atom. The van der Waals surface area contributed by atoms with Gasteiger partial charge in [0.25, 0.3) is 0 Å². The monoisotopic (exact) mass is 222 g/mol. The van der Waals surface area contributed by atoms with Gasteiger partial charge in [-0.25, -0.2) is 4.79 Å². The molecule has 1 aromatic heterocycles. The summed E-state index contributed by atoms with van der Waals surface area (Å²) in [5.41, 5.74) is 1.37. The van der Waals surface area contributed by atoms with Crippen LogP contribution in [-0.2, 0) is 17.8 Å². The molecule has 1 aliphatic rings. The SMILES string of the molecule is CC(C)(C)OC(=O)c1ccc2n1CCNC2. The van der Waals surface area contributed by atoms with E-state index in [1.165, 1.54) is 0 Å². The summed E-state index contributed by atoms with van der Waals surface area (Å²) in [6.45, 7) is 8.20. The van der Waals surface area contributed by atoms with Gasteiger partial charge in [0.2, 0.25) is 0 Å². The summed E-state index contributed by atoms with van der Waals surface area (Å²) in [5, 5.41) is 3.27. The lowest BCUT2D eigenvalue weighted by atomic mass is 10.2. The molecule has 88 valence electrons. The Morgan fingerprint density at radius 1 is 1.44 bits per heavy atom. The molecule has 0 spiro atoms. The van der Waals surface area contributed by atoms with Crippen molar-refractivity contribution in [3.63, 3.8) is 0 Å². The molecule has 0 saturated heterocycles. The first-order valence-electron chi connectivity index (χ1n) is 5.60. The fourth-order valence-electron chi connectivity index (χ4n) is 1.84. The standard InChI is InChI=1S/C12H18N2O2/c1-12(2,3)16-11(15)10-5-4-9-8-13-6-7-14(9)10/h4-5,13H,6-8H2,1-3H3. The molecule has 4 nitrogen and oxygen atoms in total. The summed E-state index contributed by atoms with van der Waals surface area (Å²) in [5.74, 6) is -0.236. The van der Waals surface area contributed by atoms with Crippen molar-refractivity contribution in [2.45, 2.75) is 39.5 Å². The van der Waals surface area contributed by atoms with Crippen molar-refractivity contribution in [2.75, 3.05) is 6.54 Å². The van der Waals surface area contributed by atoms with E-state index in [2.05, 4.69) is 5.32 Å². The van der Waals surface area contributed by atoms with Crippen LogP contribution >= 0.6 is 0 Å². The van der Waals surface area contributed by atoms with Crippen molar-refractivity contribution in [3.05, 3.63) is 23.5 Å².